The molecule has 0 aromatic heterocycles. The number of anilines is 2. The van der Waals surface area contributed by atoms with Gasteiger partial charge in [-0.25, -0.2) is 0 Å². The molecule has 0 aliphatic carbocycles. The quantitative estimate of drug-likeness (QED) is 0.740. The number of carbonyl (C=O) groups excluding carboxylic acids is 1. The van der Waals surface area contributed by atoms with Gasteiger partial charge >= 0.3 is 0 Å². The minimum Gasteiger partial charge on any atom is -0.497 e. The summed E-state index contributed by atoms with van der Waals surface area (Å²) < 4.78 is 11.5. The standard InChI is InChI=1S/C18H21BrN2O3/c1-12-10-13(19)4-6-15(12)21-18(22)8-9-20-16-11-14(23-2)5-7-17(16)24-3/h4-7,10-11,20H,8-9H2,1-3H3,(H,21,22). The summed E-state index contributed by atoms with van der Waals surface area (Å²) in [6.07, 6.45) is 0.343. The topological polar surface area (TPSA) is 59.6 Å². The van der Waals surface area contributed by atoms with E-state index < -0.39 is 0 Å². The minimum absolute atomic E-state index is 0.0465. The highest BCUT2D eigenvalue weighted by Gasteiger charge is 2.08. The molecule has 2 rings (SSSR count). The largest absolute Gasteiger partial charge is 0.497 e. The van der Waals surface area contributed by atoms with E-state index >= 15 is 0 Å². The van der Waals surface area contributed by atoms with E-state index in [4.69, 9.17) is 9.47 Å². The maximum Gasteiger partial charge on any atom is 0.226 e. The molecule has 2 aromatic rings. The van der Waals surface area contributed by atoms with Gasteiger partial charge in [0.05, 0.1) is 19.9 Å². The molecule has 0 heterocycles. The Morgan fingerprint density at radius 2 is 1.88 bits per heavy atom. The van der Waals surface area contributed by atoms with Crippen LogP contribution in [-0.4, -0.2) is 26.7 Å². The van der Waals surface area contributed by atoms with Crippen LogP contribution in [0, 0.1) is 6.92 Å². The molecule has 6 heteroatoms. The van der Waals surface area contributed by atoms with E-state index in [2.05, 4.69) is 26.6 Å². The third-order valence-corrected chi connectivity index (χ3v) is 4.03. The fourth-order valence-electron chi connectivity index (χ4n) is 2.24. The van der Waals surface area contributed by atoms with E-state index in [1.54, 1.807) is 14.2 Å². The van der Waals surface area contributed by atoms with E-state index in [9.17, 15) is 4.79 Å². The van der Waals surface area contributed by atoms with E-state index in [0.717, 1.165) is 27.2 Å². The van der Waals surface area contributed by atoms with Crippen LogP contribution in [0.5, 0.6) is 11.5 Å². The molecule has 0 aliphatic heterocycles. The van der Waals surface area contributed by atoms with Gasteiger partial charge in [-0.2, -0.15) is 0 Å². The maximum absolute atomic E-state index is 12.1. The molecule has 0 saturated heterocycles. The highest BCUT2D eigenvalue weighted by molar-refractivity contribution is 9.10. The highest BCUT2D eigenvalue weighted by atomic mass is 79.9. The summed E-state index contributed by atoms with van der Waals surface area (Å²) >= 11 is 3.41. The van der Waals surface area contributed by atoms with Crippen molar-refractivity contribution in [1.82, 2.24) is 0 Å². The Bertz CT molecular complexity index is 719. The fourth-order valence-corrected chi connectivity index (χ4v) is 2.72. The number of nitrogens with one attached hydrogen (secondary N) is 2. The van der Waals surface area contributed by atoms with Crippen LogP contribution in [0.15, 0.2) is 40.9 Å². The zero-order valence-corrected chi connectivity index (χ0v) is 15.6. The third kappa shape index (κ3) is 4.89. The highest BCUT2D eigenvalue weighted by Crippen LogP contribution is 2.28. The number of rotatable bonds is 7. The van der Waals surface area contributed by atoms with Gasteiger partial charge in [0.2, 0.25) is 5.91 Å². The van der Waals surface area contributed by atoms with Crippen LogP contribution < -0.4 is 20.1 Å². The van der Waals surface area contributed by atoms with Crippen LogP contribution in [0.1, 0.15) is 12.0 Å². The predicted molar refractivity (Wildman–Crippen MR) is 100 cm³/mol. The zero-order chi connectivity index (χ0) is 17.5. The molecule has 5 nitrogen and oxygen atoms in total. The molecule has 0 spiro atoms. The Kier molecular flexibility index (Phi) is 6.49. The second-order valence-electron chi connectivity index (χ2n) is 5.25. The molecule has 0 fully saturated rings. The van der Waals surface area contributed by atoms with Crippen LogP contribution in [0.2, 0.25) is 0 Å². The van der Waals surface area contributed by atoms with Crippen molar-refractivity contribution < 1.29 is 14.3 Å². The first kappa shape index (κ1) is 18.1. The van der Waals surface area contributed by atoms with Crippen molar-refractivity contribution in [3.63, 3.8) is 0 Å². The van der Waals surface area contributed by atoms with Gasteiger partial charge < -0.3 is 20.1 Å². The number of carbonyl (C=O) groups is 1. The Balaban J connectivity index is 1.90. The summed E-state index contributed by atoms with van der Waals surface area (Å²) in [5.41, 5.74) is 2.63. The van der Waals surface area contributed by atoms with Gasteiger partial charge in [-0.3, -0.25) is 4.79 Å². The summed E-state index contributed by atoms with van der Waals surface area (Å²) in [4.78, 5) is 12.1. The Labute approximate surface area is 150 Å². The monoisotopic (exact) mass is 392 g/mol. The molecule has 24 heavy (non-hydrogen) atoms. The summed E-state index contributed by atoms with van der Waals surface area (Å²) in [6, 6.07) is 11.3. The summed E-state index contributed by atoms with van der Waals surface area (Å²) in [5, 5.41) is 6.13. The molecule has 2 N–H and O–H groups in total. The second-order valence-corrected chi connectivity index (χ2v) is 6.17. The first-order chi connectivity index (χ1) is 11.5. The smallest absolute Gasteiger partial charge is 0.226 e. The number of amides is 1. The van der Waals surface area contributed by atoms with Crippen LogP contribution >= 0.6 is 15.9 Å². The number of ether oxygens (including phenoxy) is 2. The van der Waals surface area contributed by atoms with Gasteiger partial charge in [0, 0.05) is 29.2 Å². The molecule has 0 aliphatic rings. The lowest BCUT2D eigenvalue weighted by Crippen LogP contribution is -2.17. The molecule has 0 unspecified atom stereocenters. The normalized spacial score (nSPS) is 10.2. The van der Waals surface area contributed by atoms with Crippen molar-refractivity contribution in [1.29, 1.82) is 0 Å². The molecule has 0 bridgehead atoms. The lowest BCUT2D eigenvalue weighted by molar-refractivity contribution is -0.115. The van der Waals surface area contributed by atoms with Crippen molar-refractivity contribution in [2.24, 2.45) is 0 Å². The second kappa shape index (κ2) is 8.59. The van der Waals surface area contributed by atoms with E-state index in [1.165, 1.54) is 0 Å². The average Bonchev–Trinajstić information content (AvgIpc) is 2.57. The third-order valence-electron chi connectivity index (χ3n) is 3.54. The number of benzene rings is 2. The van der Waals surface area contributed by atoms with Gasteiger partial charge in [-0.1, -0.05) is 15.9 Å². The van der Waals surface area contributed by atoms with E-state index in [1.807, 2.05) is 43.3 Å². The number of aryl methyl sites for hydroxylation is 1. The summed E-state index contributed by atoms with van der Waals surface area (Å²) in [7, 11) is 3.22. The number of halogens is 1. The van der Waals surface area contributed by atoms with Crippen LogP contribution in [0.25, 0.3) is 0 Å². The summed E-state index contributed by atoms with van der Waals surface area (Å²) in [5.74, 6) is 1.39. The number of hydrogen-bond donors (Lipinski definition) is 2. The minimum atomic E-state index is -0.0465. The zero-order valence-electron chi connectivity index (χ0n) is 14.0. The lowest BCUT2D eigenvalue weighted by Gasteiger charge is -2.13. The Morgan fingerprint density at radius 3 is 2.54 bits per heavy atom. The molecule has 0 atom stereocenters. The van der Waals surface area contributed by atoms with Gasteiger partial charge in [0.15, 0.2) is 0 Å². The fraction of sp³-hybridized carbons (Fsp3) is 0.278. The van der Waals surface area contributed by atoms with Crippen molar-refractivity contribution in [3.8, 4) is 11.5 Å². The molecule has 2 aromatic carbocycles. The predicted octanol–water partition coefficient (Wildman–Crippen LogP) is 4.22. The molecular weight excluding hydrogens is 372 g/mol. The van der Waals surface area contributed by atoms with Crippen LogP contribution in [-0.2, 0) is 4.79 Å². The van der Waals surface area contributed by atoms with Gasteiger partial charge in [0.1, 0.15) is 11.5 Å². The molecule has 0 radical (unpaired) electrons. The van der Waals surface area contributed by atoms with Crippen molar-refractivity contribution in [2.45, 2.75) is 13.3 Å². The van der Waals surface area contributed by atoms with Gasteiger partial charge in [0.25, 0.3) is 0 Å². The van der Waals surface area contributed by atoms with Crippen molar-refractivity contribution in [3.05, 3.63) is 46.4 Å². The molecule has 1 amide bonds. The van der Waals surface area contributed by atoms with Crippen molar-refractivity contribution in [2.75, 3.05) is 31.4 Å². The summed E-state index contributed by atoms with van der Waals surface area (Å²) in [6.45, 7) is 2.45. The molecule has 128 valence electrons. The van der Waals surface area contributed by atoms with Crippen molar-refractivity contribution >= 4 is 33.2 Å². The van der Waals surface area contributed by atoms with Crippen LogP contribution in [0.4, 0.5) is 11.4 Å². The van der Waals surface area contributed by atoms with Gasteiger partial charge in [-0.15, -0.1) is 0 Å². The van der Waals surface area contributed by atoms with E-state index in [0.29, 0.717) is 18.7 Å². The molecular formula is C18H21BrN2O3. The molecule has 0 saturated carbocycles. The average molecular weight is 393 g/mol. The first-order valence-corrected chi connectivity index (χ1v) is 8.34. The SMILES string of the molecule is COc1ccc(OC)c(NCCC(=O)Nc2ccc(Br)cc2C)c1. The first-order valence-electron chi connectivity index (χ1n) is 7.55. The van der Waals surface area contributed by atoms with Gasteiger partial charge in [-0.05, 0) is 42.8 Å². The lowest BCUT2D eigenvalue weighted by atomic mass is 10.2. The van der Waals surface area contributed by atoms with E-state index in [-0.39, 0.29) is 5.91 Å². The van der Waals surface area contributed by atoms with Crippen LogP contribution in [0.3, 0.4) is 0 Å². The Morgan fingerprint density at radius 1 is 1.08 bits per heavy atom. The number of hydrogen-bond acceptors (Lipinski definition) is 4. The number of methoxy groups -OCH3 is 2. The maximum atomic E-state index is 12.1. The Hall–Kier alpha value is -2.21.